The maximum absolute atomic E-state index is 13.4. The number of nitriles is 1. The van der Waals surface area contributed by atoms with Crippen molar-refractivity contribution in [2.24, 2.45) is 11.3 Å². The Morgan fingerprint density at radius 2 is 2.06 bits per heavy atom. The van der Waals surface area contributed by atoms with Gasteiger partial charge in [0, 0.05) is 63.6 Å². The standard InChI is InChI=1S/C24H28F3N5O2/c1-17-12-29-32(13-17)7-4-22(34)30-8-5-23(6-9-30)16-31(14-19(23)15-33)20-3-2-18(11-28)21(10-20)24(25,26)27/h2-3,10,12-13,19,33H,4-9,14-16H2,1H3. The Morgan fingerprint density at radius 3 is 2.65 bits per heavy atom. The Balaban J connectivity index is 1.42. The molecule has 0 radical (unpaired) electrons. The average molecular weight is 476 g/mol. The summed E-state index contributed by atoms with van der Waals surface area (Å²) in [5, 5.41) is 23.3. The number of aliphatic hydroxyl groups excluding tert-OH is 1. The minimum Gasteiger partial charge on any atom is -0.396 e. The fourth-order valence-electron chi connectivity index (χ4n) is 5.27. The molecule has 1 atom stereocenters. The highest BCUT2D eigenvalue weighted by Crippen LogP contribution is 2.46. The molecular formula is C24H28F3N5O2. The van der Waals surface area contributed by atoms with Crippen LogP contribution in [0.1, 0.15) is 36.0 Å². The molecule has 182 valence electrons. The van der Waals surface area contributed by atoms with Crippen molar-refractivity contribution in [2.75, 3.05) is 37.7 Å². The first-order valence-electron chi connectivity index (χ1n) is 11.4. The number of carbonyl (C=O) groups excluding carboxylic acids is 1. The minimum atomic E-state index is -4.62. The Hall–Kier alpha value is -3.06. The molecule has 7 nitrogen and oxygen atoms in total. The quantitative estimate of drug-likeness (QED) is 0.718. The van der Waals surface area contributed by atoms with Gasteiger partial charge in [0.2, 0.25) is 5.91 Å². The van der Waals surface area contributed by atoms with Gasteiger partial charge in [-0.3, -0.25) is 9.48 Å². The zero-order chi connectivity index (χ0) is 24.5. The SMILES string of the molecule is Cc1cnn(CCC(=O)N2CCC3(CC2)CN(c2ccc(C#N)c(C(F)(F)F)c2)CC3CO)c1. The second-order valence-corrected chi connectivity index (χ2v) is 9.37. The van der Waals surface area contributed by atoms with Gasteiger partial charge in [0.05, 0.1) is 23.4 Å². The predicted octanol–water partition coefficient (Wildman–Crippen LogP) is 3.21. The van der Waals surface area contributed by atoms with Crippen LogP contribution in [-0.4, -0.2) is 58.5 Å². The summed E-state index contributed by atoms with van der Waals surface area (Å²) < 4.78 is 42.0. The van der Waals surface area contributed by atoms with Crippen LogP contribution in [-0.2, 0) is 17.5 Å². The normalized spacial score (nSPS) is 20.1. The molecule has 1 amide bonds. The van der Waals surface area contributed by atoms with Gasteiger partial charge >= 0.3 is 6.18 Å². The van der Waals surface area contributed by atoms with Crippen LogP contribution in [0.25, 0.3) is 0 Å². The summed E-state index contributed by atoms with van der Waals surface area (Å²) in [6.45, 7) is 4.46. The summed E-state index contributed by atoms with van der Waals surface area (Å²) in [4.78, 5) is 16.4. The van der Waals surface area contributed by atoms with Gasteiger partial charge in [-0.25, -0.2) is 0 Å². The molecule has 2 aliphatic rings. The number of carbonyl (C=O) groups is 1. The lowest BCUT2D eigenvalue weighted by atomic mass is 9.71. The third-order valence-electron chi connectivity index (χ3n) is 7.26. The molecule has 2 aromatic rings. The minimum absolute atomic E-state index is 0.0558. The number of halogens is 3. The van der Waals surface area contributed by atoms with E-state index in [0.29, 0.717) is 57.7 Å². The van der Waals surface area contributed by atoms with E-state index in [2.05, 4.69) is 5.10 Å². The Kier molecular flexibility index (Phi) is 6.58. The van der Waals surface area contributed by atoms with Crippen molar-refractivity contribution in [1.82, 2.24) is 14.7 Å². The van der Waals surface area contributed by atoms with E-state index in [4.69, 9.17) is 5.26 Å². The second kappa shape index (κ2) is 9.29. The fourth-order valence-corrected chi connectivity index (χ4v) is 5.27. The number of aromatic nitrogens is 2. The lowest BCUT2D eigenvalue weighted by Gasteiger charge is -2.42. The van der Waals surface area contributed by atoms with Crippen molar-refractivity contribution in [2.45, 2.75) is 38.9 Å². The molecule has 0 bridgehead atoms. The molecule has 2 aliphatic heterocycles. The van der Waals surface area contributed by atoms with Gasteiger partial charge in [-0.15, -0.1) is 0 Å². The molecule has 34 heavy (non-hydrogen) atoms. The summed E-state index contributed by atoms with van der Waals surface area (Å²) in [5.41, 5.74) is -0.174. The predicted molar refractivity (Wildman–Crippen MR) is 119 cm³/mol. The molecule has 2 saturated heterocycles. The monoisotopic (exact) mass is 475 g/mol. The van der Waals surface area contributed by atoms with Crippen LogP contribution >= 0.6 is 0 Å². The van der Waals surface area contributed by atoms with E-state index in [-0.39, 0.29) is 23.8 Å². The van der Waals surface area contributed by atoms with E-state index < -0.39 is 17.3 Å². The molecule has 1 spiro atoms. The summed E-state index contributed by atoms with van der Waals surface area (Å²) in [5.74, 6) is -0.0397. The molecule has 1 aromatic heterocycles. The van der Waals surface area contributed by atoms with Crippen LogP contribution in [0.4, 0.5) is 18.9 Å². The summed E-state index contributed by atoms with van der Waals surface area (Å²) in [6.07, 6.45) is 0.754. The van der Waals surface area contributed by atoms with Crippen LogP contribution in [0.15, 0.2) is 30.6 Å². The number of rotatable bonds is 5. The molecule has 10 heteroatoms. The molecule has 0 saturated carbocycles. The smallest absolute Gasteiger partial charge is 0.396 e. The maximum atomic E-state index is 13.4. The summed E-state index contributed by atoms with van der Waals surface area (Å²) in [6, 6.07) is 5.39. The highest BCUT2D eigenvalue weighted by molar-refractivity contribution is 5.76. The van der Waals surface area contributed by atoms with E-state index in [0.717, 1.165) is 11.6 Å². The number of alkyl halides is 3. The van der Waals surface area contributed by atoms with Crippen LogP contribution in [0.3, 0.4) is 0 Å². The molecule has 0 aliphatic carbocycles. The maximum Gasteiger partial charge on any atom is 0.417 e. The first-order valence-corrected chi connectivity index (χ1v) is 11.4. The lowest BCUT2D eigenvalue weighted by Crippen LogP contribution is -2.47. The molecule has 3 heterocycles. The molecule has 1 aromatic carbocycles. The number of aryl methyl sites for hydroxylation is 2. The molecule has 4 rings (SSSR count). The van der Waals surface area contributed by atoms with Crippen molar-refractivity contribution < 1.29 is 23.1 Å². The van der Waals surface area contributed by atoms with Gasteiger partial charge in [-0.1, -0.05) is 0 Å². The van der Waals surface area contributed by atoms with Crippen molar-refractivity contribution in [3.63, 3.8) is 0 Å². The number of hydrogen-bond donors (Lipinski definition) is 1. The average Bonchev–Trinajstić information content (AvgIpc) is 3.40. The first-order chi connectivity index (χ1) is 16.1. The highest BCUT2D eigenvalue weighted by atomic mass is 19.4. The number of hydrogen-bond acceptors (Lipinski definition) is 5. The summed E-state index contributed by atoms with van der Waals surface area (Å²) in [7, 11) is 0. The third-order valence-corrected chi connectivity index (χ3v) is 7.26. The van der Waals surface area contributed by atoms with E-state index >= 15 is 0 Å². The third kappa shape index (κ3) is 4.75. The molecule has 2 fully saturated rings. The van der Waals surface area contributed by atoms with Gasteiger partial charge in [-0.2, -0.15) is 23.5 Å². The van der Waals surface area contributed by atoms with Crippen molar-refractivity contribution >= 4 is 11.6 Å². The zero-order valence-corrected chi connectivity index (χ0v) is 19.1. The van der Waals surface area contributed by atoms with Gasteiger partial charge in [0.1, 0.15) is 0 Å². The van der Waals surface area contributed by atoms with E-state index in [1.165, 1.54) is 12.1 Å². The Morgan fingerprint density at radius 1 is 1.32 bits per heavy atom. The van der Waals surface area contributed by atoms with Crippen LogP contribution in [0.2, 0.25) is 0 Å². The van der Waals surface area contributed by atoms with Gasteiger partial charge in [-0.05, 0) is 48.9 Å². The topological polar surface area (TPSA) is 85.4 Å². The number of nitrogens with zero attached hydrogens (tertiary/aromatic N) is 5. The van der Waals surface area contributed by atoms with E-state index in [1.54, 1.807) is 16.9 Å². The number of aliphatic hydroxyl groups is 1. The Labute approximate surface area is 196 Å². The van der Waals surface area contributed by atoms with Crippen molar-refractivity contribution in [3.05, 3.63) is 47.3 Å². The molecular weight excluding hydrogens is 447 g/mol. The van der Waals surface area contributed by atoms with Crippen LogP contribution < -0.4 is 4.90 Å². The van der Waals surface area contributed by atoms with Crippen LogP contribution in [0.5, 0.6) is 0 Å². The molecule has 1 unspecified atom stereocenters. The fraction of sp³-hybridized carbons (Fsp3) is 0.542. The van der Waals surface area contributed by atoms with Crippen LogP contribution in [0, 0.1) is 29.6 Å². The zero-order valence-electron chi connectivity index (χ0n) is 19.1. The number of benzene rings is 1. The lowest BCUT2D eigenvalue weighted by molar-refractivity contribution is -0.137. The number of likely N-dealkylation sites (tertiary alicyclic amines) is 1. The van der Waals surface area contributed by atoms with Gasteiger partial charge in [0.25, 0.3) is 0 Å². The Bertz CT molecular complexity index is 1080. The van der Waals surface area contributed by atoms with Gasteiger partial charge < -0.3 is 14.9 Å². The van der Waals surface area contributed by atoms with E-state index in [9.17, 15) is 23.1 Å². The van der Waals surface area contributed by atoms with Gasteiger partial charge in [0.15, 0.2) is 0 Å². The van der Waals surface area contributed by atoms with Crippen molar-refractivity contribution in [3.8, 4) is 6.07 Å². The highest BCUT2D eigenvalue weighted by Gasteiger charge is 2.48. The van der Waals surface area contributed by atoms with E-state index in [1.807, 2.05) is 22.9 Å². The first kappa shape index (κ1) is 24.1. The van der Waals surface area contributed by atoms with Crippen molar-refractivity contribution in [1.29, 1.82) is 5.26 Å². The number of anilines is 1. The molecule has 1 N–H and O–H groups in total. The second-order valence-electron chi connectivity index (χ2n) is 9.37. The number of piperidine rings is 1. The summed E-state index contributed by atoms with van der Waals surface area (Å²) >= 11 is 0. The number of amides is 1. The largest absolute Gasteiger partial charge is 0.417 e.